The average Bonchev–Trinajstić information content (AvgIpc) is 2.93. The molecule has 0 aliphatic carbocycles. The van der Waals surface area contributed by atoms with Crippen molar-refractivity contribution < 1.29 is 8.83 Å². The summed E-state index contributed by atoms with van der Waals surface area (Å²) in [6.07, 6.45) is 0. The number of benzene rings is 3. The average molecular weight is 499 g/mol. The van der Waals surface area contributed by atoms with Crippen LogP contribution < -0.4 is 16.8 Å². The monoisotopic (exact) mass is 499 g/mol. The first-order valence-electron chi connectivity index (χ1n) is 11.7. The van der Waals surface area contributed by atoms with Gasteiger partial charge in [0.2, 0.25) is 0 Å². The van der Waals surface area contributed by atoms with E-state index in [0.29, 0.717) is 21.9 Å². The number of hydrogen-bond acceptors (Lipinski definition) is 7. The van der Waals surface area contributed by atoms with E-state index in [2.05, 4.69) is 5.10 Å². The molecule has 3 aromatic heterocycles. The van der Waals surface area contributed by atoms with E-state index < -0.39 is 16.8 Å². The zero-order valence-corrected chi connectivity index (χ0v) is 20.0. The third-order valence-corrected chi connectivity index (χ3v) is 6.38. The van der Waals surface area contributed by atoms with Crippen molar-refractivity contribution in [1.82, 2.24) is 4.68 Å². The maximum atomic E-state index is 13.2. The first-order valence-corrected chi connectivity index (χ1v) is 11.7. The van der Waals surface area contributed by atoms with Crippen LogP contribution in [0, 0.1) is 11.3 Å². The van der Waals surface area contributed by atoms with Gasteiger partial charge in [-0.15, -0.1) is 0 Å². The van der Waals surface area contributed by atoms with Crippen molar-refractivity contribution in [2.75, 3.05) is 0 Å². The third kappa shape index (κ3) is 3.70. The highest BCUT2D eigenvalue weighted by Crippen LogP contribution is 2.25. The van der Waals surface area contributed by atoms with Crippen LogP contribution in [0.15, 0.2) is 113 Å². The van der Waals surface area contributed by atoms with Crippen molar-refractivity contribution >= 4 is 38.4 Å². The summed E-state index contributed by atoms with van der Waals surface area (Å²) in [5, 5.41) is 17.1. The van der Waals surface area contributed by atoms with E-state index in [4.69, 9.17) is 8.83 Å². The van der Waals surface area contributed by atoms with Crippen LogP contribution >= 0.6 is 0 Å². The lowest BCUT2D eigenvalue weighted by Gasteiger charge is -2.10. The second-order valence-corrected chi connectivity index (χ2v) is 8.68. The molecule has 6 aromatic rings. The van der Waals surface area contributed by atoms with E-state index in [0.717, 1.165) is 15.4 Å². The molecule has 6 rings (SSSR count). The number of hydrogen-bond donors (Lipinski definition) is 0. The second-order valence-electron chi connectivity index (χ2n) is 8.68. The Morgan fingerprint density at radius 2 is 1.53 bits per heavy atom. The van der Waals surface area contributed by atoms with E-state index in [1.165, 1.54) is 12.1 Å². The van der Waals surface area contributed by atoms with Gasteiger partial charge in [0.25, 0.3) is 5.56 Å². The molecule has 8 heteroatoms. The molecule has 0 aliphatic heterocycles. The Kier molecular flexibility index (Phi) is 5.32. The zero-order chi connectivity index (χ0) is 26.4. The smallest absolute Gasteiger partial charge is 0.345 e. The van der Waals surface area contributed by atoms with E-state index in [-0.39, 0.29) is 28.1 Å². The summed E-state index contributed by atoms with van der Waals surface area (Å²) in [6, 6.07) is 26.1. The minimum atomic E-state index is -0.743. The van der Waals surface area contributed by atoms with Gasteiger partial charge < -0.3 is 8.83 Å². The summed E-state index contributed by atoms with van der Waals surface area (Å²) < 4.78 is 12.0. The van der Waals surface area contributed by atoms with Gasteiger partial charge in [0.1, 0.15) is 22.8 Å². The molecule has 0 atom stereocenters. The minimum absolute atomic E-state index is 0.0818. The Hall–Kier alpha value is -5.55. The quantitative estimate of drug-likeness (QED) is 0.192. The molecule has 0 unspecified atom stereocenters. The van der Waals surface area contributed by atoms with Crippen molar-refractivity contribution in [3.05, 3.63) is 127 Å². The molecule has 0 spiro atoms. The maximum Gasteiger partial charge on any atom is 0.345 e. The summed E-state index contributed by atoms with van der Waals surface area (Å²) in [6.45, 7) is 1.56. The number of fused-ring (bicyclic) bond motifs is 4. The molecule has 0 amide bonds. The number of nitrogens with zero attached hydrogens (tertiary/aromatic N) is 3. The second kappa shape index (κ2) is 8.84. The minimum Gasteiger partial charge on any atom is -0.422 e. The highest BCUT2D eigenvalue weighted by Gasteiger charge is 2.17. The van der Waals surface area contributed by atoms with Crippen LogP contribution in [0.1, 0.15) is 18.1 Å². The number of pyridine rings is 1. The van der Waals surface area contributed by atoms with Gasteiger partial charge in [-0.2, -0.15) is 15.0 Å². The Balaban J connectivity index is 1.60. The third-order valence-electron chi connectivity index (χ3n) is 6.38. The molecule has 0 saturated carbocycles. The molecule has 0 bridgehead atoms. The SMILES string of the molecule is CC(=Nn1c(-c2cc3ccccc3oc2=O)ccc(C#N)c1=O)c1cc2c(ccc3ccccc32)oc1=O. The molecule has 8 nitrogen and oxygen atoms in total. The first-order chi connectivity index (χ1) is 18.4. The van der Waals surface area contributed by atoms with Crippen LogP contribution in [-0.4, -0.2) is 10.4 Å². The van der Waals surface area contributed by atoms with Crippen LogP contribution in [0.5, 0.6) is 0 Å². The van der Waals surface area contributed by atoms with E-state index in [9.17, 15) is 19.6 Å². The Morgan fingerprint density at radius 1 is 0.789 bits per heavy atom. The number of para-hydroxylation sites is 1. The molecule has 0 radical (unpaired) electrons. The summed E-state index contributed by atoms with van der Waals surface area (Å²) >= 11 is 0. The van der Waals surface area contributed by atoms with Gasteiger partial charge >= 0.3 is 11.3 Å². The predicted molar refractivity (Wildman–Crippen MR) is 144 cm³/mol. The highest BCUT2D eigenvalue weighted by atomic mass is 16.4. The zero-order valence-electron chi connectivity index (χ0n) is 20.0. The summed E-state index contributed by atoms with van der Waals surface area (Å²) in [4.78, 5) is 39.0. The standard InChI is InChI=1S/C30H17N3O5/c1-17(22-15-23-21-8-4-2-6-18(21)11-13-27(23)38-29(22)35)32-33-25(12-10-20(16-31)28(33)34)24-14-19-7-3-5-9-26(19)37-30(24)36/h2-15H,1H3. The van der Waals surface area contributed by atoms with Crippen LogP contribution in [0.2, 0.25) is 0 Å². The largest absolute Gasteiger partial charge is 0.422 e. The molecule has 0 saturated heterocycles. The molecule has 3 heterocycles. The fourth-order valence-corrected chi connectivity index (χ4v) is 4.48. The van der Waals surface area contributed by atoms with Gasteiger partial charge in [-0.25, -0.2) is 9.59 Å². The molecule has 38 heavy (non-hydrogen) atoms. The molecule has 3 aromatic carbocycles. The van der Waals surface area contributed by atoms with Crippen molar-refractivity contribution in [1.29, 1.82) is 5.26 Å². The molecule has 182 valence electrons. The normalized spacial score (nSPS) is 11.7. The lowest BCUT2D eigenvalue weighted by Crippen LogP contribution is -2.24. The Morgan fingerprint density at radius 3 is 2.34 bits per heavy atom. The molecule has 0 fully saturated rings. The maximum absolute atomic E-state index is 13.2. The van der Waals surface area contributed by atoms with E-state index >= 15 is 0 Å². The van der Waals surface area contributed by atoms with E-state index in [1.807, 2.05) is 36.4 Å². The van der Waals surface area contributed by atoms with Crippen LogP contribution in [0.25, 0.3) is 44.0 Å². The van der Waals surface area contributed by atoms with Crippen molar-refractivity contribution in [2.45, 2.75) is 6.92 Å². The van der Waals surface area contributed by atoms with Crippen LogP contribution in [-0.2, 0) is 0 Å². The highest BCUT2D eigenvalue weighted by molar-refractivity contribution is 6.08. The van der Waals surface area contributed by atoms with Gasteiger partial charge in [0.15, 0.2) is 0 Å². The van der Waals surface area contributed by atoms with Gasteiger partial charge in [-0.05, 0) is 54.1 Å². The fraction of sp³-hybridized carbons (Fsp3) is 0.0333. The number of aromatic nitrogens is 1. The molecular weight excluding hydrogens is 482 g/mol. The van der Waals surface area contributed by atoms with Gasteiger partial charge in [-0.3, -0.25) is 4.79 Å². The Bertz CT molecular complexity index is 2180. The first kappa shape index (κ1) is 22.9. The van der Waals surface area contributed by atoms with Crippen molar-refractivity contribution in [2.24, 2.45) is 5.10 Å². The summed E-state index contributed by atoms with van der Waals surface area (Å²) in [5.74, 6) is 0. The Labute approximate surface area is 213 Å². The van der Waals surface area contributed by atoms with Gasteiger partial charge in [0.05, 0.1) is 22.5 Å². The summed E-state index contributed by atoms with van der Waals surface area (Å²) in [5.41, 5.74) is -0.914. The lowest BCUT2D eigenvalue weighted by molar-refractivity contribution is 0.559. The number of nitriles is 1. The van der Waals surface area contributed by atoms with E-state index in [1.54, 1.807) is 49.4 Å². The predicted octanol–water partition coefficient (Wildman–Crippen LogP) is 5.03. The number of rotatable bonds is 3. The van der Waals surface area contributed by atoms with Crippen molar-refractivity contribution in [3.63, 3.8) is 0 Å². The van der Waals surface area contributed by atoms with Gasteiger partial charge in [-0.1, -0.05) is 48.5 Å². The van der Waals surface area contributed by atoms with Crippen LogP contribution in [0.4, 0.5) is 0 Å². The van der Waals surface area contributed by atoms with Crippen molar-refractivity contribution in [3.8, 4) is 17.3 Å². The fourth-order valence-electron chi connectivity index (χ4n) is 4.48. The summed E-state index contributed by atoms with van der Waals surface area (Å²) in [7, 11) is 0. The van der Waals surface area contributed by atoms with Crippen LogP contribution in [0.3, 0.4) is 0 Å². The molecular formula is C30H17N3O5. The topological polar surface area (TPSA) is 119 Å². The molecule has 0 N–H and O–H groups in total. The molecule has 0 aliphatic rings. The lowest BCUT2D eigenvalue weighted by atomic mass is 10.0. The van der Waals surface area contributed by atoms with Gasteiger partial charge in [0, 0.05) is 10.8 Å².